The van der Waals surface area contributed by atoms with Gasteiger partial charge in [-0.1, -0.05) is 0 Å². The Labute approximate surface area is 112 Å². The van der Waals surface area contributed by atoms with E-state index in [4.69, 9.17) is 9.47 Å². The van der Waals surface area contributed by atoms with Gasteiger partial charge in [-0.2, -0.15) is 11.8 Å². The number of ketones is 1. The molecule has 0 aromatic carbocycles. The van der Waals surface area contributed by atoms with Gasteiger partial charge in [-0.15, -0.1) is 0 Å². The Morgan fingerprint density at radius 2 is 2.22 bits per heavy atom. The summed E-state index contributed by atoms with van der Waals surface area (Å²) in [5.74, 6) is 1.69. The molecule has 0 spiro atoms. The second kappa shape index (κ2) is 5.90. The van der Waals surface area contributed by atoms with Crippen molar-refractivity contribution in [2.45, 2.75) is 38.6 Å². The van der Waals surface area contributed by atoms with Gasteiger partial charge >= 0.3 is 0 Å². The number of ether oxygens (including phenoxy) is 2. The number of Topliss-reactive ketones (excluding diaryl/α,β-unsaturated/α-hetero) is 1. The summed E-state index contributed by atoms with van der Waals surface area (Å²) in [5.41, 5.74) is 0. The van der Waals surface area contributed by atoms with Crippen LogP contribution in [0.1, 0.15) is 26.7 Å². The van der Waals surface area contributed by atoms with Crippen LogP contribution in [0.25, 0.3) is 0 Å². The van der Waals surface area contributed by atoms with Gasteiger partial charge in [0.15, 0.2) is 5.79 Å². The van der Waals surface area contributed by atoms with Crippen LogP contribution in [0.3, 0.4) is 0 Å². The van der Waals surface area contributed by atoms with Crippen molar-refractivity contribution < 1.29 is 19.4 Å². The summed E-state index contributed by atoms with van der Waals surface area (Å²) in [6.45, 7) is 4.59. The van der Waals surface area contributed by atoms with E-state index >= 15 is 0 Å². The summed E-state index contributed by atoms with van der Waals surface area (Å²) in [6, 6.07) is 0. The van der Waals surface area contributed by atoms with Crippen molar-refractivity contribution in [2.75, 3.05) is 24.7 Å². The lowest BCUT2D eigenvalue weighted by Gasteiger charge is -2.18. The largest absolute Gasteiger partial charge is 0.396 e. The van der Waals surface area contributed by atoms with E-state index in [1.54, 1.807) is 11.8 Å². The molecule has 2 aliphatic rings. The highest BCUT2D eigenvalue weighted by atomic mass is 32.2. The van der Waals surface area contributed by atoms with Crippen LogP contribution in [0.4, 0.5) is 0 Å². The molecular formula is C13H22O4S. The molecule has 4 nitrogen and oxygen atoms in total. The summed E-state index contributed by atoms with van der Waals surface area (Å²) in [7, 11) is 0. The summed E-state index contributed by atoms with van der Waals surface area (Å²) in [5, 5.41) is 9.23. The van der Waals surface area contributed by atoms with E-state index in [1.165, 1.54) is 0 Å². The standard InChI is InChI=1S/C13H22O4S/c1-13(2)16-6-10(17-13)7-18-8-11-9(5-14)3-4-12(11)15/h9-11,14H,3-8H2,1-2H3/t9-,10?,11-/m0/s1. The lowest BCUT2D eigenvalue weighted by atomic mass is 9.99. The van der Waals surface area contributed by atoms with Gasteiger partial charge in [0.2, 0.25) is 0 Å². The van der Waals surface area contributed by atoms with E-state index in [0.29, 0.717) is 18.8 Å². The summed E-state index contributed by atoms with van der Waals surface area (Å²) >= 11 is 1.73. The molecule has 1 saturated carbocycles. The first-order valence-corrected chi connectivity index (χ1v) is 7.70. The minimum Gasteiger partial charge on any atom is -0.396 e. The third-order valence-electron chi connectivity index (χ3n) is 3.65. The lowest BCUT2D eigenvalue weighted by molar-refractivity contribution is -0.135. The summed E-state index contributed by atoms with van der Waals surface area (Å²) < 4.78 is 11.2. The maximum atomic E-state index is 11.7. The fourth-order valence-electron chi connectivity index (χ4n) is 2.60. The molecule has 0 bridgehead atoms. The zero-order valence-corrected chi connectivity index (χ0v) is 11.9. The number of aliphatic hydroxyl groups is 1. The average Bonchev–Trinajstić information content (AvgIpc) is 2.83. The second-order valence-electron chi connectivity index (χ2n) is 5.54. The summed E-state index contributed by atoms with van der Waals surface area (Å²) in [4.78, 5) is 11.7. The van der Waals surface area contributed by atoms with E-state index in [0.717, 1.165) is 17.9 Å². The molecule has 2 fully saturated rings. The van der Waals surface area contributed by atoms with Crippen LogP contribution in [-0.2, 0) is 14.3 Å². The molecule has 104 valence electrons. The van der Waals surface area contributed by atoms with Crippen LogP contribution in [-0.4, -0.2) is 47.5 Å². The molecule has 0 radical (unpaired) electrons. The second-order valence-corrected chi connectivity index (χ2v) is 6.62. The molecule has 0 amide bonds. The van der Waals surface area contributed by atoms with Gasteiger partial charge in [0, 0.05) is 30.5 Å². The van der Waals surface area contributed by atoms with Gasteiger partial charge in [-0.05, 0) is 26.2 Å². The number of carbonyl (C=O) groups excluding carboxylic acids is 1. The molecule has 1 N–H and O–H groups in total. The van der Waals surface area contributed by atoms with Crippen molar-refractivity contribution in [1.82, 2.24) is 0 Å². The maximum Gasteiger partial charge on any atom is 0.163 e. The molecule has 5 heteroatoms. The molecule has 1 unspecified atom stereocenters. The monoisotopic (exact) mass is 274 g/mol. The third kappa shape index (κ3) is 3.47. The SMILES string of the molecule is CC1(C)OCC(CSC[C@@H]2C(=O)CC[C@H]2CO)O1. The number of carbonyl (C=O) groups is 1. The van der Waals surface area contributed by atoms with Gasteiger partial charge in [0.1, 0.15) is 5.78 Å². The molecular weight excluding hydrogens is 252 g/mol. The third-order valence-corrected chi connectivity index (χ3v) is 4.85. The topological polar surface area (TPSA) is 55.8 Å². The summed E-state index contributed by atoms with van der Waals surface area (Å²) in [6.07, 6.45) is 1.59. The van der Waals surface area contributed by atoms with Gasteiger partial charge in [0.05, 0.1) is 12.7 Å². The molecule has 1 saturated heterocycles. The quantitative estimate of drug-likeness (QED) is 0.822. The smallest absolute Gasteiger partial charge is 0.163 e. The number of thioether (sulfide) groups is 1. The molecule has 18 heavy (non-hydrogen) atoms. The van der Waals surface area contributed by atoms with Crippen LogP contribution in [0.5, 0.6) is 0 Å². The fourth-order valence-corrected chi connectivity index (χ4v) is 3.87. The first-order chi connectivity index (χ1) is 8.52. The lowest BCUT2D eigenvalue weighted by Crippen LogP contribution is -2.24. The molecule has 0 aromatic heterocycles. The van der Waals surface area contributed by atoms with Crippen LogP contribution in [0, 0.1) is 11.8 Å². The molecule has 0 aromatic rings. The van der Waals surface area contributed by atoms with Crippen molar-refractivity contribution in [3.05, 3.63) is 0 Å². The van der Waals surface area contributed by atoms with Crippen molar-refractivity contribution in [2.24, 2.45) is 11.8 Å². The van der Waals surface area contributed by atoms with Crippen molar-refractivity contribution >= 4 is 17.5 Å². The molecule has 3 atom stereocenters. The Morgan fingerprint density at radius 3 is 2.83 bits per heavy atom. The number of hydrogen-bond donors (Lipinski definition) is 1. The van der Waals surface area contributed by atoms with Crippen LogP contribution < -0.4 is 0 Å². The zero-order chi connectivity index (χ0) is 13.2. The Kier molecular flexibility index (Phi) is 4.69. The van der Waals surface area contributed by atoms with Crippen molar-refractivity contribution in [3.8, 4) is 0 Å². The Bertz CT molecular complexity index is 305. The van der Waals surface area contributed by atoms with E-state index in [2.05, 4.69) is 0 Å². The van der Waals surface area contributed by atoms with Crippen molar-refractivity contribution in [1.29, 1.82) is 0 Å². The van der Waals surface area contributed by atoms with Crippen molar-refractivity contribution in [3.63, 3.8) is 0 Å². The fraction of sp³-hybridized carbons (Fsp3) is 0.923. The number of rotatable bonds is 5. The molecule has 1 heterocycles. The minimum absolute atomic E-state index is 0.0373. The van der Waals surface area contributed by atoms with Crippen LogP contribution in [0.15, 0.2) is 0 Å². The first-order valence-electron chi connectivity index (χ1n) is 6.55. The number of aliphatic hydroxyl groups excluding tert-OH is 1. The zero-order valence-electron chi connectivity index (χ0n) is 11.1. The van der Waals surface area contributed by atoms with E-state index in [-0.39, 0.29) is 24.5 Å². The highest BCUT2D eigenvalue weighted by Crippen LogP contribution is 2.32. The predicted octanol–water partition coefficient (Wildman–Crippen LogP) is 1.46. The van der Waals surface area contributed by atoms with Crippen LogP contribution in [0.2, 0.25) is 0 Å². The Morgan fingerprint density at radius 1 is 1.44 bits per heavy atom. The van der Waals surface area contributed by atoms with E-state index in [1.807, 2.05) is 13.8 Å². The maximum absolute atomic E-state index is 11.7. The van der Waals surface area contributed by atoms with Gasteiger partial charge in [-0.3, -0.25) is 4.79 Å². The predicted molar refractivity (Wildman–Crippen MR) is 70.5 cm³/mol. The van der Waals surface area contributed by atoms with E-state index < -0.39 is 5.79 Å². The van der Waals surface area contributed by atoms with Crippen LogP contribution >= 0.6 is 11.8 Å². The Balaban J connectivity index is 1.70. The highest BCUT2D eigenvalue weighted by molar-refractivity contribution is 7.99. The molecule has 1 aliphatic heterocycles. The first kappa shape index (κ1) is 14.3. The Hall–Kier alpha value is -0.100. The van der Waals surface area contributed by atoms with Gasteiger partial charge in [0.25, 0.3) is 0 Å². The normalized spacial score (nSPS) is 35.3. The molecule has 2 rings (SSSR count). The number of hydrogen-bond acceptors (Lipinski definition) is 5. The van der Waals surface area contributed by atoms with Gasteiger partial charge < -0.3 is 14.6 Å². The van der Waals surface area contributed by atoms with E-state index in [9.17, 15) is 9.90 Å². The highest BCUT2D eigenvalue weighted by Gasteiger charge is 2.35. The minimum atomic E-state index is -0.470. The molecule has 1 aliphatic carbocycles. The van der Waals surface area contributed by atoms with Gasteiger partial charge in [-0.25, -0.2) is 0 Å². The average molecular weight is 274 g/mol.